The summed E-state index contributed by atoms with van der Waals surface area (Å²) < 4.78 is 10.1. The lowest BCUT2D eigenvalue weighted by Gasteiger charge is -2.21. The molecule has 152 valence electrons. The molecule has 0 unspecified atom stereocenters. The van der Waals surface area contributed by atoms with Crippen molar-refractivity contribution in [3.63, 3.8) is 0 Å². The molecule has 6 nitrogen and oxygen atoms in total. The number of nitrogens with zero attached hydrogens (tertiary/aromatic N) is 2. The van der Waals surface area contributed by atoms with Crippen LogP contribution in [0.15, 0.2) is 0 Å². The highest BCUT2D eigenvalue weighted by molar-refractivity contribution is 5.70. The minimum absolute atomic E-state index is 0.251. The normalized spacial score (nSPS) is 10.4. The van der Waals surface area contributed by atoms with Crippen molar-refractivity contribution in [2.24, 2.45) is 0 Å². The Morgan fingerprint density at radius 3 is 1.70 bits per heavy atom. The number of unbranched alkanes of at least 4 members (excludes halogenated alkanes) is 2. The van der Waals surface area contributed by atoms with Gasteiger partial charge in [-0.25, -0.2) is 0 Å². The second-order valence-corrected chi connectivity index (χ2v) is 6.55. The third-order valence-electron chi connectivity index (χ3n) is 3.86. The first-order valence-corrected chi connectivity index (χ1v) is 9.54. The highest BCUT2D eigenvalue weighted by Gasteiger charge is 2.12. The smallest absolute Gasteiger partial charge is 0.307 e. The van der Waals surface area contributed by atoms with Crippen LogP contribution in [0.4, 0.5) is 0 Å². The molecule has 0 aliphatic carbocycles. The summed E-state index contributed by atoms with van der Waals surface area (Å²) in [5.41, 5.74) is 0. The molecule has 0 aromatic heterocycles. The van der Waals surface area contributed by atoms with Gasteiger partial charge in [-0.05, 0) is 40.0 Å². The van der Waals surface area contributed by atoms with Crippen LogP contribution in [0.1, 0.15) is 44.9 Å². The molecule has 0 heterocycles. The number of rotatable bonds is 16. The zero-order valence-corrected chi connectivity index (χ0v) is 16.9. The number of hydrogen-bond acceptors (Lipinski definition) is 6. The van der Waals surface area contributed by atoms with Gasteiger partial charge in [-0.15, -0.1) is 24.7 Å². The summed E-state index contributed by atoms with van der Waals surface area (Å²) in [6.45, 7) is 3.51. The molecule has 0 aromatic rings. The average molecular weight is 379 g/mol. The molecular formula is C21H34N2O4. The number of hydrogen-bond donors (Lipinski definition) is 0. The Balaban J connectivity index is 4.23. The van der Waals surface area contributed by atoms with Crippen LogP contribution in [0.25, 0.3) is 0 Å². The monoisotopic (exact) mass is 378 g/mol. The number of carbonyl (C=O) groups excluding carboxylic acids is 2. The van der Waals surface area contributed by atoms with Crippen molar-refractivity contribution in [2.45, 2.75) is 44.9 Å². The van der Waals surface area contributed by atoms with Crippen LogP contribution in [0.5, 0.6) is 0 Å². The van der Waals surface area contributed by atoms with Gasteiger partial charge in [0, 0.05) is 25.9 Å². The molecule has 27 heavy (non-hydrogen) atoms. The molecule has 6 heteroatoms. The first-order chi connectivity index (χ1) is 13.0. The molecule has 0 fully saturated rings. The molecular weight excluding hydrogens is 344 g/mol. The fraction of sp³-hybridized carbons (Fsp3) is 0.714. The van der Waals surface area contributed by atoms with Crippen LogP contribution in [-0.4, -0.2) is 75.2 Å². The lowest BCUT2D eigenvalue weighted by Crippen LogP contribution is -2.31. The van der Waals surface area contributed by atoms with Gasteiger partial charge < -0.3 is 19.3 Å². The summed E-state index contributed by atoms with van der Waals surface area (Å²) in [6, 6.07) is 0. The van der Waals surface area contributed by atoms with E-state index in [-0.39, 0.29) is 38.0 Å². The average Bonchev–Trinajstić information content (AvgIpc) is 2.63. The number of carbonyl (C=O) groups is 2. The summed E-state index contributed by atoms with van der Waals surface area (Å²) >= 11 is 0. The summed E-state index contributed by atoms with van der Waals surface area (Å²) in [5.74, 6) is 4.34. The maximum atomic E-state index is 11.8. The van der Waals surface area contributed by atoms with Crippen LogP contribution in [0.2, 0.25) is 0 Å². The molecule has 0 saturated heterocycles. The van der Waals surface area contributed by atoms with Gasteiger partial charge >= 0.3 is 11.9 Å². The van der Waals surface area contributed by atoms with Crippen molar-refractivity contribution < 1.29 is 19.1 Å². The fourth-order valence-corrected chi connectivity index (χ4v) is 2.37. The Labute approximate surface area is 164 Å². The Bertz CT molecular complexity index is 455. The maximum Gasteiger partial charge on any atom is 0.307 e. The van der Waals surface area contributed by atoms with Gasteiger partial charge in [0.2, 0.25) is 0 Å². The molecule has 0 N–H and O–H groups in total. The molecule has 0 radical (unpaired) electrons. The first-order valence-electron chi connectivity index (χ1n) is 9.54. The largest absolute Gasteiger partial charge is 0.465 e. The molecule has 0 aromatic carbocycles. The molecule has 0 bridgehead atoms. The first kappa shape index (κ1) is 25.0. The fourth-order valence-electron chi connectivity index (χ4n) is 2.37. The summed E-state index contributed by atoms with van der Waals surface area (Å²) in [5, 5.41) is 0. The molecule has 0 atom stereocenters. The van der Waals surface area contributed by atoms with Gasteiger partial charge in [-0.1, -0.05) is 6.42 Å². The SMILES string of the molecule is C#CCCOC(=O)CCN(CCCCCN(C)C)CCC(=O)OCCC#C. The van der Waals surface area contributed by atoms with Crippen LogP contribution in [-0.2, 0) is 19.1 Å². The van der Waals surface area contributed by atoms with Crippen LogP contribution < -0.4 is 0 Å². The van der Waals surface area contributed by atoms with E-state index < -0.39 is 0 Å². The Kier molecular flexibility index (Phi) is 16.1. The molecule has 0 saturated carbocycles. The number of esters is 2. The summed E-state index contributed by atoms with van der Waals surface area (Å²) in [4.78, 5) is 27.8. The predicted octanol–water partition coefficient (Wildman–Crippen LogP) is 1.93. The highest BCUT2D eigenvalue weighted by Crippen LogP contribution is 2.04. The van der Waals surface area contributed by atoms with Crippen LogP contribution >= 0.6 is 0 Å². The standard InChI is InChI=1S/C21H34N2O4/c1-5-7-18-26-20(24)12-16-23(15-11-9-10-14-22(3)4)17-13-21(25)27-19-8-6-2/h1-2H,7-19H2,3-4H3. The van der Waals surface area contributed by atoms with Gasteiger partial charge in [0.05, 0.1) is 12.8 Å². The lowest BCUT2D eigenvalue weighted by atomic mass is 10.2. The van der Waals surface area contributed by atoms with Crippen molar-refractivity contribution in [1.82, 2.24) is 9.80 Å². The Hall–Kier alpha value is -2.02. The molecule has 0 spiro atoms. The zero-order chi connectivity index (χ0) is 20.3. The Morgan fingerprint density at radius 1 is 0.778 bits per heavy atom. The second kappa shape index (κ2) is 17.4. The molecule has 0 rings (SSSR count). The van der Waals surface area contributed by atoms with Gasteiger partial charge in [-0.2, -0.15) is 0 Å². The van der Waals surface area contributed by atoms with Crippen LogP contribution in [0.3, 0.4) is 0 Å². The number of ether oxygens (including phenoxy) is 2. The van der Waals surface area contributed by atoms with E-state index in [0.29, 0.717) is 25.9 Å². The van der Waals surface area contributed by atoms with Crippen molar-refractivity contribution in [2.75, 3.05) is 53.5 Å². The summed E-state index contributed by atoms with van der Waals surface area (Å²) in [6.07, 6.45) is 14.9. The number of terminal acetylenes is 2. The zero-order valence-electron chi connectivity index (χ0n) is 16.9. The third kappa shape index (κ3) is 17.2. The second-order valence-electron chi connectivity index (χ2n) is 6.55. The van der Waals surface area contributed by atoms with E-state index in [1.807, 2.05) is 0 Å². The van der Waals surface area contributed by atoms with E-state index >= 15 is 0 Å². The van der Waals surface area contributed by atoms with E-state index in [4.69, 9.17) is 22.3 Å². The topological polar surface area (TPSA) is 59.1 Å². The van der Waals surface area contributed by atoms with E-state index in [1.165, 1.54) is 0 Å². The third-order valence-corrected chi connectivity index (χ3v) is 3.86. The van der Waals surface area contributed by atoms with E-state index in [9.17, 15) is 9.59 Å². The highest BCUT2D eigenvalue weighted by atomic mass is 16.5. The lowest BCUT2D eigenvalue weighted by molar-refractivity contribution is -0.143. The quantitative estimate of drug-likeness (QED) is 0.232. The van der Waals surface area contributed by atoms with E-state index in [2.05, 4.69) is 35.7 Å². The molecule has 0 amide bonds. The van der Waals surface area contributed by atoms with E-state index in [0.717, 1.165) is 32.4 Å². The van der Waals surface area contributed by atoms with Crippen molar-refractivity contribution >= 4 is 11.9 Å². The minimum atomic E-state index is -0.264. The minimum Gasteiger partial charge on any atom is -0.465 e. The molecule has 0 aliphatic heterocycles. The van der Waals surface area contributed by atoms with Crippen LogP contribution in [0, 0.1) is 24.7 Å². The van der Waals surface area contributed by atoms with Crippen molar-refractivity contribution in [1.29, 1.82) is 0 Å². The molecule has 0 aliphatic rings. The van der Waals surface area contributed by atoms with Gasteiger partial charge in [0.1, 0.15) is 13.2 Å². The van der Waals surface area contributed by atoms with Gasteiger partial charge in [0.25, 0.3) is 0 Å². The maximum absolute atomic E-state index is 11.8. The van der Waals surface area contributed by atoms with Crippen molar-refractivity contribution in [3.05, 3.63) is 0 Å². The van der Waals surface area contributed by atoms with E-state index in [1.54, 1.807) is 0 Å². The van der Waals surface area contributed by atoms with Gasteiger partial charge in [-0.3, -0.25) is 9.59 Å². The summed E-state index contributed by atoms with van der Waals surface area (Å²) in [7, 11) is 4.12. The van der Waals surface area contributed by atoms with Crippen molar-refractivity contribution in [3.8, 4) is 24.7 Å². The Morgan fingerprint density at radius 2 is 1.26 bits per heavy atom. The predicted molar refractivity (Wildman–Crippen MR) is 107 cm³/mol. The van der Waals surface area contributed by atoms with Gasteiger partial charge in [0.15, 0.2) is 0 Å².